The van der Waals surface area contributed by atoms with Gasteiger partial charge in [0.05, 0.1) is 6.07 Å². The molecule has 6 heteroatoms. The lowest BCUT2D eigenvalue weighted by Gasteiger charge is -2.14. The molecule has 0 aliphatic heterocycles. The van der Waals surface area contributed by atoms with Crippen LogP contribution in [0, 0.1) is 22.7 Å². The zero-order valence-corrected chi connectivity index (χ0v) is 9.22. The van der Waals surface area contributed by atoms with E-state index in [0.717, 1.165) is 12.8 Å². The first-order valence-electron chi connectivity index (χ1n) is 5.07. The Labute approximate surface area is 94.3 Å². The van der Waals surface area contributed by atoms with Crippen LogP contribution in [0.1, 0.15) is 32.0 Å². The SMILES string of the molecule is CC(N)(C#N)CCCCn1cnc(C#N)n1. The predicted octanol–water partition coefficient (Wildman–Crippen LogP) is 0.561. The maximum atomic E-state index is 8.71. The average Bonchev–Trinajstić information content (AvgIpc) is 2.72. The number of nitrogens with two attached hydrogens (primary N) is 1. The third-order valence-electron chi connectivity index (χ3n) is 2.23. The minimum absolute atomic E-state index is 0.181. The number of nitrogens with zero attached hydrogens (tertiary/aromatic N) is 5. The second-order valence-corrected chi connectivity index (χ2v) is 3.93. The third kappa shape index (κ3) is 3.68. The Morgan fingerprint density at radius 2 is 2.25 bits per heavy atom. The average molecular weight is 218 g/mol. The third-order valence-corrected chi connectivity index (χ3v) is 2.23. The summed E-state index contributed by atoms with van der Waals surface area (Å²) in [6.45, 7) is 2.41. The Balaban J connectivity index is 2.27. The van der Waals surface area contributed by atoms with Crippen LogP contribution < -0.4 is 5.73 Å². The van der Waals surface area contributed by atoms with Gasteiger partial charge in [0.1, 0.15) is 17.9 Å². The number of unbranched alkanes of at least 4 members (excludes halogenated alkanes) is 1. The molecule has 0 fully saturated rings. The highest BCUT2D eigenvalue weighted by Crippen LogP contribution is 2.09. The Morgan fingerprint density at radius 1 is 1.50 bits per heavy atom. The fourth-order valence-corrected chi connectivity index (χ4v) is 1.28. The standard InChI is InChI=1S/C10H14N6/c1-10(13,7-12)4-2-3-5-16-8-14-9(6-11)15-16/h8H,2-5,13H2,1H3. The van der Waals surface area contributed by atoms with Crippen molar-refractivity contribution >= 4 is 0 Å². The van der Waals surface area contributed by atoms with Gasteiger partial charge in [0.25, 0.3) is 5.82 Å². The number of nitriles is 2. The molecule has 1 rings (SSSR count). The molecular formula is C10H14N6. The molecule has 2 N–H and O–H groups in total. The quantitative estimate of drug-likeness (QED) is 0.727. The van der Waals surface area contributed by atoms with E-state index in [1.54, 1.807) is 11.6 Å². The fourth-order valence-electron chi connectivity index (χ4n) is 1.28. The molecule has 84 valence electrons. The highest BCUT2D eigenvalue weighted by atomic mass is 15.3. The van der Waals surface area contributed by atoms with E-state index in [9.17, 15) is 0 Å². The molecule has 0 saturated carbocycles. The minimum atomic E-state index is -0.750. The summed E-state index contributed by atoms with van der Waals surface area (Å²) in [5.74, 6) is 0.181. The molecule has 16 heavy (non-hydrogen) atoms. The summed E-state index contributed by atoms with van der Waals surface area (Å²) in [5, 5.41) is 21.2. The zero-order valence-electron chi connectivity index (χ0n) is 9.22. The van der Waals surface area contributed by atoms with Gasteiger partial charge in [0, 0.05) is 6.54 Å². The van der Waals surface area contributed by atoms with Crippen LogP contribution in [0.4, 0.5) is 0 Å². The summed E-state index contributed by atoms with van der Waals surface area (Å²) < 4.78 is 1.62. The molecule has 6 nitrogen and oxygen atoms in total. The van der Waals surface area contributed by atoms with E-state index in [-0.39, 0.29) is 5.82 Å². The van der Waals surface area contributed by atoms with Gasteiger partial charge >= 0.3 is 0 Å². The van der Waals surface area contributed by atoms with Gasteiger partial charge in [0.2, 0.25) is 0 Å². The molecule has 1 aromatic heterocycles. The van der Waals surface area contributed by atoms with Crippen molar-refractivity contribution in [3.8, 4) is 12.1 Å². The first kappa shape index (κ1) is 12.2. The van der Waals surface area contributed by atoms with E-state index in [1.807, 2.05) is 6.07 Å². The Kier molecular flexibility index (Phi) is 3.98. The molecule has 1 aromatic rings. The van der Waals surface area contributed by atoms with E-state index in [4.69, 9.17) is 16.3 Å². The first-order valence-corrected chi connectivity index (χ1v) is 5.07. The van der Waals surface area contributed by atoms with Gasteiger partial charge in [-0.15, -0.1) is 5.10 Å². The monoisotopic (exact) mass is 218 g/mol. The lowest BCUT2D eigenvalue weighted by atomic mass is 9.98. The number of hydrogen-bond donors (Lipinski definition) is 1. The molecule has 0 amide bonds. The molecule has 0 aromatic carbocycles. The van der Waals surface area contributed by atoms with Gasteiger partial charge < -0.3 is 5.73 Å². The minimum Gasteiger partial charge on any atom is -0.314 e. The lowest BCUT2D eigenvalue weighted by molar-refractivity contribution is 0.474. The van der Waals surface area contributed by atoms with E-state index in [1.165, 1.54) is 6.33 Å². The highest BCUT2D eigenvalue weighted by molar-refractivity contribution is 5.05. The van der Waals surface area contributed by atoms with Gasteiger partial charge in [-0.05, 0) is 26.2 Å². The lowest BCUT2D eigenvalue weighted by Crippen LogP contribution is -2.33. The van der Waals surface area contributed by atoms with Crippen molar-refractivity contribution in [2.45, 2.75) is 38.3 Å². The number of aryl methyl sites for hydroxylation is 1. The van der Waals surface area contributed by atoms with Crippen molar-refractivity contribution in [3.63, 3.8) is 0 Å². The molecule has 1 unspecified atom stereocenters. The topological polar surface area (TPSA) is 104 Å². The molecule has 0 radical (unpaired) electrons. The van der Waals surface area contributed by atoms with Crippen LogP contribution in [0.5, 0.6) is 0 Å². The first-order chi connectivity index (χ1) is 7.57. The summed E-state index contributed by atoms with van der Waals surface area (Å²) in [7, 11) is 0. The van der Waals surface area contributed by atoms with Crippen LogP contribution in [0.2, 0.25) is 0 Å². The van der Waals surface area contributed by atoms with Crippen LogP contribution in [0.15, 0.2) is 6.33 Å². The Hall–Kier alpha value is -1.92. The van der Waals surface area contributed by atoms with Crippen LogP contribution in [0.25, 0.3) is 0 Å². The summed E-state index contributed by atoms with van der Waals surface area (Å²) in [4.78, 5) is 3.79. The molecule has 1 heterocycles. The van der Waals surface area contributed by atoms with Crippen LogP contribution in [0.3, 0.4) is 0 Å². The van der Waals surface area contributed by atoms with Gasteiger partial charge in [-0.25, -0.2) is 4.98 Å². The zero-order chi connectivity index (χ0) is 12.0. The van der Waals surface area contributed by atoms with Crippen molar-refractivity contribution in [1.82, 2.24) is 14.8 Å². The largest absolute Gasteiger partial charge is 0.314 e. The fraction of sp³-hybridized carbons (Fsp3) is 0.600. The molecule has 0 spiro atoms. The Morgan fingerprint density at radius 3 is 2.81 bits per heavy atom. The van der Waals surface area contributed by atoms with Gasteiger partial charge in [-0.3, -0.25) is 4.68 Å². The van der Waals surface area contributed by atoms with Crippen molar-refractivity contribution in [2.75, 3.05) is 0 Å². The van der Waals surface area contributed by atoms with E-state index >= 15 is 0 Å². The van der Waals surface area contributed by atoms with Crippen LogP contribution in [-0.4, -0.2) is 20.3 Å². The van der Waals surface area contributed by atoms with Crippen molar-refractivity contribution in [3.05, 3.63) is 12.2 Å². The van der Waals surface area contributed by atoms with Crippen molar-refractivity contribution in [2.24, 2.45) is 5.73 Å². The predicted molar refractivity (Wildman–Crippen MR) is 56.8 cm³/mol. The smallest absolute Gasteiger partial charge is 0.252 e. The van der Waals surface area contributed by atoms with Crippen molar-refractivity contribution < 1.29 is 0 Å². The molecule has 0 aliphatic carbocycles. The second kappa shape index (κ2) is 5.24. The van der Waals surface area contributed by atoms with Gasteiger partial charge in [-0.1, -0.05) is 0 Å². The van der Waals surface area contributed by atoms with E-state index in [2.05, 4.69) is 16.2 Å². The second-order valence-electron chi connectivity index (χ2n) is 3.93. The van der Waals surface area contributed by atoms with E-state index < -0.39 is 5.54 Å². The van der Waals surface area contributed by atoms with Crippen molar-refractivity contribution in [1.29, 1.82) is 10.5 Å². The molecule has 1 atom stereocenters. The van der Waals surface area contributed by atoms with Crippen LogP contribution in [-0.2, 0) is 6.54 Å². The number of aromatic nitrogens is 3. The molecular weight excluding hydrogens is 204 g/mol. The summed E-state index contributed by atoms with van der Waals surface area (Å²) >= 11 is 0. The summed E-state index contributed by atoms with van der Waals surface area (Å²) in [5.41, 5.74) is 4.93. The van der Waals surface area contributed by atoms with Crippen LogP contribution >= 0.6 is 0 Å². The number of rotatable bonds is 5. The molecule has 0 saturated heterocycles. The molecule has 0 bridgehead atoms. The Bertz CT molecular complexity index is 419. The van der Waals surface area contributed by atoms with E-state index in [0.29, 0.717) is 13.0 Å². The summed E-state index contributed by atoms with van der Waals surface area (Å²) in [6, 6.07) is 3.92. The maximum absolute atomic E-state index is 8.71. The molecule has 0 aliphatic rings. The highest BCUT2D eigenvalue weighted by Gasteiger charge is 2.15. The van der Waals surface area contributed by atoms with Gasteiger partial charge in [0.15, 0.2) is 0 Å². The summed E-state index contributed by atoms with van der Waals surface area (Å²) in [6.07, 6.45) is 3.90. The normalized spacial score (nSPS) is 13.8. The number of hydrogen-bond acceptors (Lipinski definition) is 5. The van der Waals surface area contributed by atoms with Gasteiger partial charge in [-0.2, -0.15) is 10.5 Å². The maximum Gasteiger partial charge on any atom is 0.252 e.